The Morgan fingerprint density at radius 2 is 1.09 bits per heavy atom. The van der Waals surface area contributed by atoms with Gasteiger partial charge in [0, 0.05) is 33.4 Å². The molecule has 0 atom stereocenters. The highest BCUT2D eigenvalue weighted by atomic mass is 15.1. The van der Waals surface area contributed by atoms with Gasteiger partial charge in [0.05, 0.1) is 16.7 Å². The van der Waals surface area contributed by atoms with Crippen molar-refractivity contribution in [3.8, 4) is 33.4 Å². The molecule has 0 bridgehead atoms. The maximum atomic E-state index is 2.51. The monoisotopic (exact) mass is 850 g/mol. The topological polar surface area (TPSA) is 8.17 Å². The molecular formula is C64H54N2. The van der Waals surface area contributed by atoms with Crippen LogP contribution >= 0.6 is 0 Å². The quantitative estimate of drug-likeness (QED) is 0.140. The molecule has 0 N–H and O–H groups in total. The smallest absolute Gasteiger partial charge is 0.0544 e. The molecule has 1 fully saturated rings. The van der Waals surface area contributed by atoms with E-state index in [1.54, 1.807) is 5.56 Å². The molecule has 0 spiro atoms. The molecule has 66 heavy (non-hydrogen) atoms. The van der Waals surface area contributed by atoms with E-state index in [0.717, 1.165) is 37.1 Å². The van der Waals surface area contributed by atoms with Crippen LogP contribution in [0.2, 0.25) is 0 Å². The third-order valence-corrected chi connectivity index (χ3v) is 14.6. The lowest BCUT2D eigenvalue weighted by atomic mass is 9.80. The molecule has 0 aliphatic heterocycles. The summed E-state index contributed by atoms with van der Waals surface area (Å²) in [6.45, 7) is 0. The van der Waals surface area contributed by atoms with Crippen molar-refractivity contribution in [2.24, 2.45) is 0 Å². The summed E-state index contributed by atoms with van der Waals surface area (Å²) < 4.78 is 2.49. The van der Waals surface area contributed by atoms with Gasteiger partial charge < -0.3 is 9.47 Å². The molecule has 2 heteroatoms. The van der Waals surface area contributed by atoms with Gasteiger partial charge in [-0.3, -0.25) is 0 Å². The first-order valence-corrected chi connectivity index (χ1v) is 24.2. The van der Waals surface area contributed by atoms with Gasteiger partial charge in [0.15, 0.2) is 0 Å². The average molecular weight is 851 g/mol. The minimum Gasteiger partial charge on any atom is -0.313 e. The summed E-state index contributed by atoms with van der Waals surface area (Å²) in [5.41, 5.74) is 19.1. The lowest BCUT2D eigenvalue weighted by Crippen LogP contribution is -2.35. The second-order valence-electron chi connectivity index (χ2n) is 18.4. The number of para-hydroxylation sites is 2. The molecule has 1 heterocycles. The molecule has 8 aromatic carbocycles. The van der Waals surface area contributed by atoms with Crippen LogP contribution in [0, 0.1) is 0 Å². The summed E-state index contributed by atoms with van der Waals surface area (Å²) in [6.07, 6.45) is 20.0. The van der Waals surface area contributed by atoms with Gasteiger partial charge in [0.2, 0.25) is 0 Å². The molecule has 0 radical (unpaired) electrons. The molecule has 0 unspecified atom stereocenters. The van der Waals surface area contributed by atoms with Crippen molar-refractivity contribution in [2.45, 2.75) is 63.7 Å². The zero-order valence-corrected chi connectivity index (χ0v) is 37.5. The molecule has 1 aromatic heterocycles. The van der Waals surface area contributed by atoms with Crippen LogP contribution in [0.4, 0.5) is 17.1 Å². The number of fused-ring (bicyclic) bond motifs is 4. The van der Waals surface area contributed by atoms with Gasteiger partial charge in [0.25, 0.3) is 0 Å². The first kappa shape index (κ1) is 40.1. The van der Waals surface area contributed by atoms with E-state index in [4.69, 9.17) is 0 Å². The van der Waals surface area contributed by atoms with Crippen molar-refractivity contribution < 1.29 is 0 Å². The molecule has 1 saturated carbocycles. The third-order valence-electron chi connectivity index (χ3n) is 14.6. The number of hydrogen-bond donors (Lipinski definition) is 0. The van der Waals surface area contributed by atoms with E-state index >= 15 is 0 Å². The van der Waals surface area contributed by atoms with Crippen molar-refractivity contribution in [1.29, 1.82) is 0 Å². The Balaban J connectivity index is 0.994. The van der Waals surface area contributed by atoms with Crippen LogP contribution in [0.15, 0.2) is 206 Å². The molecule has 0 amide bonds. The summed E-state index contributed by atoms with van der Waals surface area (Å²) in [6, 6.07) is 70.3. The molecule has 2 nitrogen and oxygen atoms in total. The Bertz CT molecular complexity index is 3410. The summed E-state index contributed by atoms with van der Waals surface area (Å²) in [5, 5.41) is 5.49. The summed E-state index contributed by atoms with van der Waals surface area (Å²) in [5.74, 6) is 0.620. The van der Waals surface area contributed by atoms with Crippen LogP contribution in [0.25, 0.3) is 72.5 Å². The van der Waals surface area contributed by atoms with Crippen molar-refractivity contribution in [2.75, 3.05) is 4.90 Å². The lowest BCUT2D eigenvalue weighted by molar-refractivity contribution is 0.442. The fourth-order valence-corrected chi connectivity index (χ4v) is 11.4. The molecule has 9 aromatic rings. The number of allylic oxidation sites excluding steroid dienone is 4. The predicted octanol–water partition coefficient (Wildman–Crippen LogP) is 16.3. The highest BCUT2D eigenvalue weighted by Crippen LogP contribution is 2.44. The molecule has 320 valence electrons. The van der Waals surface area contributed by atoms with Crippen LogP contribution in [0.3, 0.4) is 0 Å². The molecule has 0 saturated heterocycles. The van der Waals surface area contributed by atoms with Crippen molar-refractivity contribution in [3.05, 3.63) is 228 Å². The fourth-order valence-electron chi connectivity index (χ4n) is 11.4. The number of nitrogens with zero attached hydrogens (tertiary/aromatic N) is 2. The second kappa shape index (κ2) is 17.5. The molecular weight excluding hydrogens is 797 g/mol. The van der Waals surface area contributed by atoms with E-state index in [2.05, 4.69) is 222 Å². The fraction of sp³-hybridized carbons (Fsp3) is 0.156. The minimum atomic E-state index is 0.620. The van der Waals surface area contributed by atoms with E-state index in [0.29, 0.717) is 5.92 Å². The van der Waals surface area contributed by atoms with Gasteiger partial charge in [-0.15, -0.1) is 0 Å². The van der Waals surface area contributed by atoms with Crippen molar-refractivity contribution in [3.63, 3.8) is 0 Å². The Morgan fingerprint density at radius 1 is 0.470 bits per heavy atom. The van der Waals surface area contributed by atoms with Crippen LogP contribution in [-0.4, -0.2) is 4.57 Å². The molecule has 3 aliphatic rings. The van der Waals surface area contributed by atoms with E-state index in [-0.39, 0.29) is 0 Å². The van der Waals surface area contributed by atoms with Crippen LogP contribution in [0.5, 0.6) is 0 Å². The van der Waals surface area contributed by atoms with Crippen molar-refractivity contribution in [1.82, 2.24) is 4.57 Å². The highest BCUT2D eigenvalue weighted by Gasteiger charge is 2.24. The zero-order chi connectivity index (χ0) is 43.8. The van der Waals surface area contributed by atoms with E-state index < -0.39 is 0 Å². The second-order valence-corrected chi connectivity index (χ2v) is 18.4. The number of hydrogen-bond acceptors (Lipinski definition) is 1. The third kappa shape index (κ3) is 7.31. The predicted molar refractivity (Wildman–Crippen MR) is 281 cm³/mol. The average Bonchev–Trinajstić information content (AvgIpc) is 3.74. The summed E-state index contributed by atoms with van der Waals surface area (Å²) in [4.78, 5) is 2.51. The number of rotatable bonds is 9. The maximum absolute atomic E-state index is 2.51. The molecule has 12 rings (SSSR count). The normalized spacial score (nSPS) is 15.1. The van der Waals surface area contributed by atoms with Gasteiger partial charge in [-0.1, -0.05) is 183 Å². The minimum absolute atomic E-state index is 0.620. The Kier molecular flexibility index (Phi) is 10.6. The summed E-state index contributed by atoms with van der Waals surface area (Å²) >= 11 is 0. The van der Waals surface area contributed by atoms with Gasteiger partial charge in [0.1, 0.15) is 0 Å². The Morgan fingerprint density at radius 3 is 1.83 bits per heavy atom. The number of aromatic nitrogens is 1. The Labute approximate surface area is 388 Å². The number of benzene rings is 8. The van der Waals surface area contributed by atoms with Crippen molar-refractivity contribution >= 4 is 56.2 Å². The van der Waals surface area contributed by atoms with Gasteiger partial charge in [-0.2, -0.15) is 0 Å². The first-order chi connectivity index (χ1) is 32.8. The van der Waals surface area contributed by atoms with Gasteiger partial charge in [-0.25, -0.2) is 0 Å². The lowest BCUT2D eigenvalue weighted by Gasteiger charge is -2.30. The molecule has 3 aliphatic carbocycles. The van der Waals surface area contributed by atoms with E-state index in [9.17, 15) is 0 Å². The number of anilines is 3. The van der Waals surface area contributed by atoms with E-state index in [1.165, 1.54) is 120 Å². The van der Waals surface area contributed by atoms with E-state index in [1.807, 2.05) is 0 Å². The standard InChI is InChI=1S/C64H54N2/c1-4-17-45(18-5-1)46-33-35-47(36-34-46)48-37-41-53(42-38-48)65(60-30-12-10-25-57(60)58-29-15-22-51-21-14-27-55(63(51)58)49-19-6-2-7-20-49)54-43-39-50(40-44-54)56-28-16-32-62-64(56)59-26-11-13-31-61(59)66(62)52-23-8-3-9-24-52/h1,3-5,8,10-14,16-18,21-23,25-28,30-44,49H,2,6-7,9,15,19-20,24,29H2. The van der Waals surface area contributed by atoms with Crippen LogP contribution < -0.4 is 15.3 Å². The van der Waals surface area contributed by atoms with Crippen LogP contribution in [-0.2, 0) is 0 Å². The first-order valence-electron chi connectivity index (χ1n) is 24.2. The SMILES string of the molecule is C1=CCCC(n2c3ccccc3c3c(-c4ccc(N(c5ccc(-c6ccc(-c7ccccc7)cc6)cc5)c5ccccc5C5=c6c(C7CCCCC7)cccc6=CCC5)cc4)cccc32)=C1. The maximum Gasteiger partial charge on any atom is 0.0544 e. The largest absolute Gasteiger partial charge is 0.313 e. The van der Waals surface area contributed by atoms with Gasteiger partial charge in [-0.05, 0) is 148 Å². The summed E-state index contributed by atoms with van der Waals surface area (Å²) in [7, 11) is 0. The van der Waals surface area contributed by atoms with Gasteiger partial charge >= 0.3 is 0 Å². The Hall–Kier alpha value is -7.42. The zero-order valence-electron chi connectivity index (χ0n) is 37.5. The van der Waals surface area contributed by atoms with Crippen LogP contribution in [0.1, 0.15) is 74.8 Å². The highest BCUT2D eigenvalue weighted by molar-refractivity contribution is 6.16.